The number of allylic oxidation sites excluding steroid dienone is 2. The van der Waals surface area contributed by atoms with E-state index >= 15 is 0 Å². The summed E-state index contributed by atoms with van der Waals surface area (Å²) in [5.74, 6) is -0.730. The van der Waals surface area contributed by atoms with Crippen molar-refractivity contribution >= 4 is 11.8 Å². The quantitative estimate of drug-likeness (QED) is 0.0939. The van der Waals surface area contributed by atoms with E-state index in [4.69, 9.17) is 37.9 Å². The molecule has 4 saturated carbocycles. The van der Waals surface area contributed by atoms with Crippen LogP contribution in [0.5, 0.6) is 0 Å². The molecule has 434 valence electrons. The first kappa shape index (κ1) is 58.8. The molecule has 76 heavy (non-hydrogen) atoms. The molecule has 4 aliphatic heterocycles. The molecule has 22 nitrogen and oxygen atoms in total. The Labute approximate surface area is 443 Å². The summed E-state index contributed by atoms with van der Waals surface area (Å²) in [6.07, 6.45) is -28.0. The number of carboxylic acids is 1. The van der Waals surface area contributed by atoms with Gasteiger partial charge in [-0.2, -0.15) is 0 Å². The van der Waals surface area contributed by atoms with Crippen LogP contribution in [0, 0.1) is 50.2 Å². The minimum Gasteiger partial charge on any atom is -0.479 e. The van der Waals surface area contributed by atoms with Crippen molar-refractivity contribution in [3.63, 3.8) is 0 Å². The van der Waals surface area contributed by atoms with Gasteiger partial charge in [-0.3, -0.25) is 4.79 Å². The van der Waals surface area contributed by atoms with Gasteiger partial charge in [-0.05, 0) is 103 Å². The van der Waals surface area contributed by atoms with E-state index in [-0.39, 0.29) is 44.8 Å². The summed E-state index contributed by atoms with van der Waals surface area (Å²) in [7, 11) is 0. The average molecular weight is 1090 g/mol. The van der Waals surface area contributed by atoms with Crippen LogP contribution in [0.1, 0.15) is 120 Å². The molecular formula is C54H86O22. The van der Waals surface area contributed by atoms with E-state index < -0.39 is 154 Å². The molecule has 28 atom stereocenters. The van der Waals surface area contributed by atoms with Crippen molar-refractivity contribution in [2.75, 3.05) is 13.2 Å². The Morgan fingerprint density at radius 3 is 1.83 bits per heavy atom. The zero-order valence-electron chi connectivity index (χ0n) is 45.2. The standard InChI is InChI=1S/C54H86O22/c1-22-31(58)34(61)38(65)45(69-22)76-43-40(73-46-39(66)35(62)32(59)25(20-55)70-46)33(60)26(21-56)71-48(43)75-42-37(64)36(63)41(44(67)68)74-47(42)72-30-13-14-52(7)27(50(30,4)5)12-15-54(9)28(52)11-10-23-24-18-49(2,3)19-29(57)51(24,6)16-17-53(23,54)8/h10,22,24-28,30-43,45-48,55-56,58-66H,11-21H2,1-9H3,(H,67,68). The zero-order valence-corrected chi connectivity index (χ0v) is 45.2. The summed E-state index contributed by atoms with van der Waals surface area (Å²) in [4.78, 5) is 26.6. The van der Waals surface area contributed by atoms with Crippen LogP contribution in [0.2, 0.25) is 0 Å². The lowest BCUT2D eigenvalue weighted by Crippen LogP contribution is -2.69. The first-order valence-corrected chi connectivity index (χ1v) is 27.5. The minimum absolute atomic E-state index is 0.0675. The summed E-state index contributed by atoms with van der Waals surface area (Å²) in [6, 6.07) is 0. The van der Waals surface area contributed by atoms with Crippen LogP contribution in [0.3, 0.4) is 0 Å². The lowest BCUT2D eigenvalue weighted by Gasteiger charge is -2.71. The minimum atomic E-state index is -2.13. The lowest BCUT2D eigenvalue weighted by molar-refractivity contribution is -0.410. The largest absolute Gasteiger partial charge is 0.479 e. The van der Waals surface area contributed by atoms with E-state index in [1.165, 1.54) is 12.5 Å². The summed E-state index contributed by atoms with van der Waals surface area (Å²) < 4.78 is 49.0. The highest BCUT2D eigenvalue weighted by Gasteiger charge is 2.69. The van der Waals surface area contributed by atoms with Crippen LogP contribution in [-0.4, -0.2) is 215 Å². The van der Waals surface area contributed by atoms with Crippen LogP contribution in [-0.2, 0) is 47.5 Å². The Hall–Kier alpha value is -1.88. The predicted octanol–water partition coefficient (Wildman–Crippen LogP) is -0.235. The SMILES string of the molecule is CC1OC(OC2C(OC3C(OC4CCC5(C)C(CCC6(C)C5CC=C5C7CC(C)(C)CC(=O)C7(C)CCC56C)C4(C)C)OC(C(=O)O)C(O)C3O)OC(CO)C(O)C2OC2OC(CO)C(O)C(O)C2O)C(O)C(O)C1O. The average Bonchev–Trinajstić information content (AvgIpc) is 3.53. The van der Waals surface area contributed by atoms with Gasteiger partial charge in [0.1, 0.15) is 91.2 Å². The number of rotatable bonds is 11. The maximum Gasteiger partial charge on any atom is 0.335 e. The number of carbonyl (C=O) groups is 2. The molecule has 12 N–H and O–H groups in total. The van der Waals surface area contributed by atoms with Crippen molar-refractivity contribution in [2.45, 2.75) is 249 Å². The number of hydrogen-bond acceptors (Lipinski definition) is 21. The van der Waals surface area contributed by atoms with Gasteiger partial charge in [-0.1, -0.05) is 67.0 Å². The van der Waals surface area contributed by atoms with Gasteiger partial charge < -0.3 is 99.2 Å². The number of ketones is 1. The molecule has 0 aromatic rings. The number of aliphatic hydroxyl groups is 11. The maximum absolute atomic E-state index is 13.9. The van der Waals surface area contributed by atoms with Gasteiger partial charge in [-0.25, -0.2) is 4.79 Å². The smallest absolute Gasteiger partial charge is 0.335 e. The van der Waals surface area contributed by atoms with Gasteiger partial charge in [0.15, 0.2) is 31.3 Å². The van der Waals surface area contributed by atoms with Crippen molar-refractivity contribution in [3.05, 3.63) is 11.6 Å². The van der Waals surface area contributed by atoms with E-state index in [1.54, 1.807) is 0 Å². The van der Waals surface area contributed by atoms with Crippen molar-refractivity contribution in [3.8, 4) is 0 Å². The fourth-order valence-corrected chi connectivity index (χ4v) is 16.4. The summed E-state index contributed by atoms with van der Waals surface area (Å²) in [5.41, 5.74) is -0.0625. The molecule has 28 unspecified atom stereocenters. The summed E-state index contributed by atoms with van der Waals surface area (Å²) in [5, 5.41) is 130. The highest BCUT2D eigenvalue weighted by Crippen LogP contribution is 2.75. The second-order valence-electron chi connectivity index (χ2n) is 26.4. The third kappa shape index (κ3) is 9.39. The monoisotopic (exact) mass is 1090 g/mol. The summed E-state index contributed by atoms with van der Waals surface area (Å²) in [6.45, 7) is 17.7. The van der Waals surface area contributed by atoms with E-state index in [0.717, 1.165) is 38.5 Å². The number of carboxylic acid groups (broad SMARTS) is 1. The molecule has 0 bridgehead atoms. The van der Waals surface area contributed by atoms with Gasteiger partial charge in [0.05, 0.1) is 25.4 Å². The molecule has 0 aromatic carbocycles. The van der Waals surface area contributed by atoms with E-state index in [1.807, 2.05) is 0 Å². The molecule has 4 heterocycles. The fraction of sp³-hybridized carbons (Fsp3) is 0.926. The predicted molar refractivity (Wildman–Crippen MR) is 261 cm³/mol. The Balaban J connectivity index is 1.02. The Morgan fingerprint density at radius 2 is 1.18 bits per heavy atom. The van der Waals surface area contributed by atoms with Gasteiger partial charge in [0.25, 0.3) is 0 Å². The molecule has 0 spiro atoms. The van der Waals surface area contributed by atoms with Crippen molar-refractivity contribution in [1.82, 2.24) is 0 Å². The maximum atomic E-state index is 13.9. The van der Waals surface area contributed by atoms with E-state index in [0.29, 0.717) is 25.0 Å². The Morgan fingerprint density at radius 1 is 0.605 bits per heavy atom. The zero-order chi connectivity index (χ0) is 55.7. The Kier molecular flexibility index (Phi) is 16.1. The lowest BCUT2D eigenvalue weighted by atomic mass is 9.33. The normalized spacial score (nSPS) is 54.1. The van der Waals surface area contributed by atoms with Gasteiger partial charge in [-0.15, -0.1) is 0 Å². The molecule has 9 aliphatic rings. The number of fused-ring (bicyclic) bond motifs is 7. The Bertz CT molecular complexity index is 2160. The number of Topliss-reactive ketones (excluding diaryl/α,β-unsaturated/α-hetero) is 1. The first-order valence-electron chi connectivity index (χ1n) is 27.5. The third-order valence-electron chi connectivity index (χ3n) is 21.2. The number of carbonyl (C=O) groups excluding carboxylic acids is 1. The van der Waals surface area contributed by atoms with Crippen LogP contribution < -0.4 is 0 Å². The molecular weight excluding hydrogens is 1000 g/mol. The van der Waals surface area contributed by atoms with Crippen molar-refractivity contribution in [2.24, 2.45) is 50.2 Å². The number of aliphatic carboxylic acids is 1. The number of hydrogen-bond donors (Lipinski definition) is 12. The molecule has 9 rings (SSSR count). The highest BCUT2D eigenvalue weighted by atomic mass is 16.8. The van der Waals surface area contributed by atoms with Crippen LogP contribution in [0.15, 0.2) is 11.6 Å². The molecule has 8 fully saturated rings. The van der Waals surface area contributed by atoms with Gasteiger partial charge in [0, 0.05) is 11.8 Å². The molecule has 5 aliphatic carbocycles. The molecule has 22 heteroatoms. The number of ether oxygens (including phenoxy) is 8. The fourth-order valence-electron chi connectivity index (χ4n) is 16.4. The van der Waals surface area contributed by atoms with Crippen molar-refractivity contribution < 1.29 is 109 Å². The van der Waals surface area contributed by atoms with Crippen LogP contribution in [0.25, 0.3) is 0 Å². The van der Waals surface area contributed by atoms with E-state index in [9.17, 15) is 70.9 Å². The van der Waals surface area contributed by atoms with Gasteiger partial charge in [0.2, 0.25) is 0 Å². The first-order chi connectivity index (χ1) is 35.4. The second kappa shape index (κ2) is 20.8. The van der Waals surface area contributed by atoms with Crippen molar-refractivity contribution in [1.29, 1.82) is 0 Å². The van der Waals surface area contributed by atoms with Crippen LogP contribution in [0.4, 0.5) is 0 Å². The molecule has 4 saturated heterocycles. The van der Waals surface area contributed by atoms with Gasteiger partial charge >= 0.3 is 5.97 Å². The summed E-state index contributed by atoms with van der Waals surface area (Å²) >= 11 is 0. The molecule has 0 radical (unpaired) electrons. The molecule has 0 amide bonds. The topological polar surface area (TPSA) is 351 Å². The molecule has 0 aromatic heterocycles. The third-order valence-corrected chi connectivity index (χ3v) is 21.2. The second-order valence-corrected chi connectivity index (χ2v) is 26.4. The van der Waals surface area contributed by atoms with E-state index in [2.05, 4.69) is 61.5 Å². The highest BCUT2D eigenvalue weighted by molar-refractivity contribution is 5.87. The van der Waals surface area contributed by atoms with Crippen LogP contribution >= 0.6 is 0 Å². The number of aliphatic hydroxyl groups excluding tert-OH is 11.